The third-order valence-corrected chi connectivity index (χ3v) is 4.01. The zero-order chi connectivity index (χ0) is 13.2. The van der Waals surface area contributed by atoms with E-state index in [0.717, 1.165) is 22.5 Å². The van der Waals surface area contributed by atoms with Crippen LogP contribution in [0.4, 0.5) is 14.5 Å². The predicted octanol–water partition coefficient (Wildman–Crippen LogP) is 0.954. The van der Waals surface area contributed by atoms with Crippen LogP contribution in [0.25, 0.3) is 0 Å². The molecule has 0 aromatic heterocycles. The van der Waals surface area contributed by atoms with E-state index in [-0.39, 0.29) is 26.3 Å². The Balaban J connectivity index is 2.22. The number of nitrogens with zero attached hydrogens (tertiary/aromatic N) is 1. The molecule has 0 unspecified atom stereocenters. The second-order valence-electron chi connectivity index (χ2n) is 3.72. The van der Waals surface area contributed by atoms with Crippen LogP contribution in [0.15, 0.2) is 18.2 Å². The molecule has 0 saturated carbocycles. The third-order valence-electron chi connectivity index (χ3n) is 2.50. The standard InChI is InChI=1S/C10H12F2N2O3S/c11-8-2-1-3-9(12)10(8)13-18(15,16)14-4-6-17-7-5-14/h1-3,13H,4-7H2. The lowest BCUT2D eigenvalue weighted by Crippen LogP contribution is -2.43. The lowest BCUT2D eigenvalue weighted by molar-refractivity contribution is 0.0733. The molecule has 5 nitrogen and oxygen atoms in total. The van der Waals surface area contributed by atoms with Crippen LogP contribution in [0.1, 0.15) is 0 Å². The Morgan fingerprint density at radius 3 is 2.28 bits per heavy atom. The van der Waals surface area contributed by atoms with E-state index < -0.39 is 27.5 Å². The number of para-hydroxylation sites is 1. The average Bonchev–Trinajstić information content (AvgIpc) is 2.35. The molecule has 1 N–H and O–H groups in total. The maximum atomic E-state index is 13.3. The number of nitrogens with one attached hydrogen (secondary N) is 1. The van der Waals surface area contributed by atoms with Gasteiger partial charge in [-0.15, -0.1) is 0 Å². The molecule has 1 aliphatic heterocycles. The van der Waals surface area contributed by atoms with Crippen molar-refractivity contribution in [3.05, 3.63) is 29.8 Å². The summed E-state index contributed by atoms with van der Waals surface area (Å²) < 4.78 is 58.5. The lowest BCUT2D eigenvalue weighted by Gasteiger charge is -2.26. The zero-order valence-corrected chi connectivity index (χ0v) is 10.2. The highest BCUT2D eigenvalue weighted by Crippen LogP contribution is 2.20. The van der Waals surface area contributed by atoms with E-state index in [2.05, 4.69) is 0 Å². The first-order valence-corrected chi connectivity index (χ1v) is 6.74. The summed E-state index contributed by atoms with van der Waals surface area (Å²) in [4.78, 5) is 0. The first kappa shape index (κ1) is 13.2. The van der Waals surface area contributed by atoms with E-state index >= 15 is 0 Å². The molecular weight excluding hydrogens is 266 g/mol. The summed E-state index contributed by atoms with van der Waals surface area (Å²) in [5.74, 6) is -1.90. The molecule has 0 amide bonds. The Bertz CT molecular complexity index is 510. The van der Waals surface area contributed by atoms with Gasteiger partial charge in [0.15, 0.2) is 0 Å². The second-order valence-corrected chi connectivity index (χ2v) is 5.39. The van der Waals surface area contributed by atoms with Gasteiger partial charge in [0, 0.05) is 13.1 Å². The summed E-state index contributed by atoms with van der Waals surface area (Å²) in [6.07, 6.45) is 0. The van der Waals surface area contributed by atoms with E-state index in [1.54, 1.807) is 0 Å². The van der Waals surface area contributed by atoms with Gasteiger partial charge in [0.25, 0.3) is 0 Å². The van der Waals surface area contributed by atoms with Gasteiger partial charge in [-0.05, 0) is 12.1 Å². The van der Waals surface area contributed by atoms with Crippen LogP contribution in [-0.2, 0) is 14.9 Å². The Morgan fingerprint density at radius 2 is 1.72 bits per heavy atom. The summed E-state index contributed by atoms with van der Waals surface area (Å²) >= 11 is 0. The minimum Gasteiger partial charge on any atom is -0.379 e. The highest BCUT2D eigenvalue weighted by Gasteiger charge is 2.26. The summed E-state index contributed by atoms with van der Waals surface area (Å²) in [7, 11) is -3.96. The average molecular weight is 278 g/mol. The molecule has 2 rings (SSSR count). The van der Waals surface area contributed by atoms with E-state index in [0.29, 0.717) is 0 Å². The van der Waals surface area contributed by atoms with Crippen molar-refractivity contribution in [1.29, 1.82) is 0 Å². The highest BCUT2D eigenvalue weighted by molar-refractivity contribution is 7.90. The number of benzene rings is 1. The summed E-state index contributed by atoms with van der Waals surface area (Å²) in [5, 5.41) is 0. The monoisotopic (exact) mass is 278 g/mol. The van der Waals surface area contributed by atoms with Crippen molar-refractivity contribution in [1.82, 2.24) is 4.31 Å². The number of anilines is 1. The zero-order valence-electron chi connectivity index (χ0n) is 9.40. The summed E-state index contributed by atoms with van der Waals surface area (Å²) in [6.45, 7) is 0.845. The molecule has 1 aliphatic rings. The highest BCUT2D eigenvalue weighted by atomic mass is 32.2. The van der Waals surface area contributed by atoms with Crippen LogP contribution >= 0.6 is 0 Å². The number of hydrogen-bond donors (Lipinski definition) is 1. The van der Waals surface area contributed by atoms with Crippen LogP contribution in [0.2, 0.25) is 0 Å². The molecule has 8 heteroatoms. The number of halogens is 2. The fourth-order valence-electron chi connectivity index (χ4n) is 1.58. The van der Waals surface area contributed by atoms with Crippen LogP contribution in [0.5, 0.6) is 0 Å². The molecule has 1 saturated heterocycles. The van der Waals surface area contributed by atoms with Gasteiger partial charge < -0.3 is 4.74 Å². The number of ether oxygens (including phenoxy) is 1. The normalized spacial score (nSPS) is 17.7. The molecule has 1 aromatic carbocycles. The van der Waals surface area contributed by atoms with Crippen LogP contribution in [0.3, 0.4) is 0 Å². The first-order chi connectivity index (χ1) is 8.50. The lowest BCUT2D eigenvalue weighted by atomic mass is 10.3. The van der Waals surface area contributed by atoms with Crippen molar-refractivity contribution >= 4 is 15.9 Å². The number of morpholine rings is 1. The molecule has 1 heterocycles. The first-order valence-electron chi connectivity index (χ1n) is 5.30. The van der Waals surface area contributed by atoms with Gasteiger partial charge in [-0.1, -0.05) is 6.07 Å². The molecule has 0 bridgehead atoms. The van der Waals surface area contributed by atoms with Gasteiger partial charge in [-0.25, -0.2) is 8.78 Å². The fourth-order valence-corrected chi connectivity index (χ4v) is 2.79. The molecule has 0 atom stereocenters. The Kier molecular flexibility index (Phi) is 3.79. The molecule has 1 fully saturated rings. The van der Waals surface area contributed by atoms with E-state index in [9.17, 15) is 17.2 Å². The SMILES string of the molecule is O=S(=O)(Nc1c(F)cccc1F)N1CCOCC1. The molecule has 0 spiro atoms. The van der Waals surface area contributed by atoms with Crippen LogP contribution in [-0.4, -0.2) is 39.0 Å². The largest absolute Gasteiger partial charge is 0.379 e. The Morgan fingerprint density at radius 1 is 1.17 bits per heavy atom. The predicted molar refractivity (Wildman–Crippen MR) is 61.3 cm³/mol. The number of rotatable bonds is 3. The molecule has 0 aliphatic carbocycles. The quantitative estimate of drug-likeness (QED) is 0.895. The molecule has 1 aromatic rings. The van der Waals surface area contributed by atoms with E-state index in [1.807, 2.05) is 4.72 Å². The van der Waals surface area contributed by atoms with E-state index in [1.165, 1.54) is 0 Å². The maximum absolute atomic E-state index is 13.3. The van der Waals surface area contributed by atoms with Gasteiger partial charge in [0.2, 0.25) is 0 Å². The van der Waals surface area contributed by atoms with Crippen molar-refractivity contribution in [2.75, 3.05) is 31.0 Å². The fraction of sp³-hybridized carbons (Fsp3) is 0.400. The summed E-state index contributed by atoms with van der Waals surface area (Å²) in [6, 6.07) is 3.14. The van der Waals surface area contributed by atoms with Gasteiger partial charge in [-0.3, -0.25) is 4.72 Å². The smallest absolute Gasteiger partial charge is 0.301 e. The topological polar surface area (TPSA) is 58.6 Å². The third kappa shape index (κ3) is 2.77. The van der Waals surface area contributed by atoms with Crippen LogP contribution < -0.4 is 4.72 Å². The van der Waals surface area contributed by atoms with Crippen molar-refractivity contribution < 1.29 is 21.9 Å². The van der Waals surface area contributed by atoms with Crippen molar-refractivity contribution in [2.45, 2.75) is 0 Å². The molecule has 18 heavy (non-hydrogen) atoms. The van der Waals surface area contributed by atoms with Gasteiger partial charge in [0.1, 0.15) is 17.3 Å². The maximum Gasteiger partial charge on any atom is 0.301 e. The van der Waals surface area contributed by atoms with E-state index in [4.69, 9.17) is 4.74 Å². The van der Waals surface area contributed by atoms with Crippen molar-refractivity contribution in [3.8, 4) is 0 Å². The van der Waals surface area contributed by atoms with Gasteiger partial charge in [-0.2, -0.15) is 12.7 Å². The Labute approximate surface area is 104 Å². The minimum absolute atomic E-state index is 0.158. The molecule has 100 valence electrons. The molecule has 0 radical (unpaired) electrons. The second kappa shape index (κ2) is 5.17. The van der Waals surface area contributed by atoms with Crippen LogP contribution in [0, 0.1) is 11.6 Å². The van der Waals surface area contributed by atoms with Gasteiger partial charge >= 0.3 is 10.2 Å². The molecular formula is C10H12F2N2O3S. The van der Waals surface area contributed by atoms with Crippen molar-refractivity contribution in [2.24, 2.45) is 0 Å². The summed E-state index contributed by atoms with van der Waals surface area (Å²) in [5.41, 5.74) is -0.663. The minimum atomic E-state index is -3.96. The Hall–Kier alpha value is -1.25. The van der Waals surface area contributed by atoms with Crippen molar-refractivity contribution in [3.63, 3.8) is 0 Å². The number of hydrogen-bond acceptors (Lipinski definition) is 3. The van der Waals surface area contributed by atoms with Gasteiger partial charge in [0.05, 0.1) is 13.2 Å².